The van der Waals surface area contributed by atoms with Crippen LogP contribution in [0, 0.1) is 0 Å². The first-order chi connectivity index (χ1) is 9.82. The number of anilines is 2. The van der Waals surface area contributed by atoms with Crippen molar-refractivity contribution in [2.75, 3.05) is 11.9 Å². The van der Waals surface area contributed by atoms with Crippen LogP contribution in [0.2, 0.25) is 0 Å². The third kappa shape index (κ3) is 2.99. The minimum atomic E-state index is -4.48. The fourth-order valence-corrected chi connectivity index (χ4v) is 2.11. The van der Waals surface area contributed by atoms with E-state index in [1.165, 1.54) is 36.2 Å². The number of carbonyl (C=O) groups excluding carboxylic acids is 1. The lowest BCUT2D eigenvalue weighted by molar-refractivity contribution is -0.137. The summed E-state index contributed by atoms with van der Waals surface area (Å²) < 4.78 is 39.2. The fraction of sp³-hybridized carbons (Fsp3) is 0.133. The molecule has 0 saturated heterocycles. The first-order valence-corrected chi connectivity index (χ1v) is 6.11. The van der Waals surface area contributed by atoms with Crippen LogP contribution in [0.15, 0.2) is 48.5 Å². The molecule has 0 aliphatic carbocycles. The van der Waals surface area contributed by atoms with E-state index in [4.69, 9.17) is 5.73 Å². The van der Waals surface area contributed by atoms with E-state index in [9.17, 15) is 18.0 Å². The number of alkyl halides is 3. The van der Waals surface area contributed by atoms with E-state index < -0.39 is 17.6 Å². The van der Waals surface area contributed by atoms with Gasteiger partial charge in [-0.15, -0.1) is 0 Å². The number of nitrogens with two attached hydrogens (primary N) is 1. The van der Waals surface area contributed by atoms with Gasteiger partial charge in [0.05, 0.1) is 22.5 Å². The maximum atomic E-state index is 13.1. The van der Waals surface area contributed by atoms with Gasteiger partial charge in [0.25, 0.3) is 5.91 Å². The molecule has 0 heterocycles. The van der Waals surface area contributed by atoms with Crippen LogP contribution in [0.4, 0.5) is 24.5 Å². The summed E-state index contributed by atoms with van der Waals surface area (Å²) in [6.45, 7) is 0. The number of hydrogen-bond donors (Lipinski definition) is 1. The van der Waals surface area contributed by atoms with Crippen molar-refractivity contribution in [3.05, 3.63) is 59.7 Å². The fourth-order valence-electron chi connectivity index (χ4n) is 2.11. The van der Waals surface area contributed by atoms with Gasteiger partial charge < -0.3 is 10.6 Å². The van der Waals surface area contributed by atoms with Gasteiger partial charge in [0.15, 0.2) is 0 Å². The van der Waals surface area contributed by atoms with E-state index >= 15 is 0 Å². The van der Waals surface area contributed by atoms with Gasteiger partial charge in [0.2, 0.25) is 0 Å². The molecule has 0 aromatic heterocycles. The summed E-state index contributed by atoms with van der Waals surface area (Å²) in [6.07, 6.45) is -4.48. The van der Waals surface area contributed by atoms with Crippen LogP contribution in [0.25, 0.3) is 0 Å². The molecule has 2 rings (SSSR count). The quantitative estimate of drug-likeness (QED) is 0.940. The number of amides is 1. The molecule has 0 aliphatic rings. The highest BCUT2D eigenvalue weighted by Gasteiger charge is 2.34. The van der Waals surface area contributed by atoms with Crippen molar-refractivity contribution in [3.63, 3.8) is 0 Å². The molecule has 0 radical (unpaired) electrons. The van der Waals surface area contributed by atoms with Crippen LogP contribution < -0.4 is 10.6 Å². The topological polar surface area (TPSA) is 46.3 Å². The lowest BCUT2D eigenvalue weighted by Gasteiger charge is -2.25. The highest BCUT2D eigenvalue weighted by atomic mass is 19.4. The number of para-hydroxylation sites is 2. The van der Waals surface area contributed by atoms with Crippen molar-refractivity contribution in [1.29, 1.82) is 0 Å². The zero-order chi connectivity index (χ0) is 15.6. The lowest BCUT2D eigenvalue weighted by atomic mass is 10.1. The van der Waals surface area contributed by atoms with E-state index in [0.717, 1.165) is 6.07 Å². The average molecular weight is 294 g/mol. The molecule has 0 aliphatic heterocycles. The molecule has 0 spiro atoms. The third-order valence-electron chi connectivity index (χ3n) is 3.10. The molecule has 21 heavy (non-hydrogen) atoms. The standard InChI is InChI=1S/C15H13F3N2O/c1-20(12-8-4-2-6-10(12)14(19)21)13-9-5-3-7-11(13)15(16,17)18/h2-9H,1H3,(H2,19,21). The normalized spacial score (nSPS) is 11.2. The minimum Gasteiger partial charge on any atom is -0.366 e. The summed E-state index contributed by atoms with van der Waals surface area (Å²) in [6, 6.07) is 11.4. The maximum Gasteiger partial charge on any atom is 0.418 e. The predicted molar refractivity (Wildman–Crippen MR) is 74.5 cm³/mol. The second-order valence-electron chi connectivity index (χ2n) is 4.46. The number of benzene rings is 2. The van der Waals surface area contributed by atoms with E-state index in [1.807, 2.05) is 0 Å². The van der Waals surface area contributed by atoms with Gasteiger partial charge in [-0.3, -0.25) is 4.79 Å². The Hall–Kier alpha value is -2.50. The zero-order valence-electron chi connectivity index (χ0n) is 11.2. The molecular formula is C15H13F3N2O. The van der Waals surface area contributed by atoms with E-state index in [2.05, 4.69) is 0 Å². The molecule has 2 N–H and O–H groups in total. The first-order valence-electron chi connectivity index (χ1n) is 6.11. The van der Waals surface area contributed by atoms with Gasteiger partial charge in [-0.05, 0) is 24.3 Å². The number of nitrogens with zero attached hydrogens (tertiary/aromatic N) is 1. The summed E-state index contributed by atoms with van der Waals surface area (Å²) >= 11 is 0. The Kier molecular flexibility index (Phi) is 3.88. The van der Waals surface area contributed by atoms with Crippen LogP contribution in [0.5, 0.6) is 0 Å². The van der Waals surface area contributed by atoms with Crippen molar-refractivity contribution in [1.82, 2.24) is 0 Å². The molecular weight excluding hydrogens is 281 g/mol. The molecule has 0 fully saturated rings. The highest BCUT2D eigenvalue weighted by molar-refractivity contribution is 5.99. The minimum absolute atomic E-state index is 0.0429. The lowest BCUT2D eigenvalue weighted by Crippen LogP contribution is -2.21. The van der Waals surface area contributed by atoms with E-state index in [0.29, 0.717) is 5.69 Å². The van der Waals surface area contributed by atoms with Gasteiger partial charge in [-0.25, -0.2) is 0 Å². The van der Waals surface area contributed by atoms with Crippen LogP contribution in [0.3, 0.4) is 0 Å². The average Bonchev–Trinajstić information content (AvgIpc) is 2.45. The number of carbonyl (C=O) groups is 1. The molecule has 0 atom stereocenters. The summed E-state index contributed by atoms with van der Waals surface area (Å²) in [5.41, 5.74) is 4.94. The molecule has 2 aromatic rings. The monoisotopic (exact) mass is 294 g/mol. The highest BCUT2D eigenvalue weighted by Crippen LogP contribution is 2.38. The number of halogens is 3. The van der Waals surface area contributed by atoms with Gasteiger partial charge >= 0.3 is 6.18 Å². The summed E-state index contributed by atoms with van der Waals surface area (Å²) in [7, 11) is 1.46. The molecule has 0 bridgehead atoms. The maximum absolute atomic E-state index is 13.1. The number of rotatable bonds is 3. The van der Waals surface area contributed by atoms with Crippen molar-refractivity contribution < 1.29 is 18.0 Å². The molecule has 0 unspecified atom stereocenters. The zero-order valence-corrected chi connectivity index (χ0v) is 11.2. The Morgan fingerprint density at radius 1 is 1.00 bits per heavy atom. The van der Waals surface area contributed by atoms with Crippen LogP contribution in [-0.2, 0) is 6.18 Å². The van der Waals surface area contributed by atoms with Gasteiger partial charge in [-0.2, -0.15) is 13.2 Å². The van der Waals surface area contributed by atoms with Gasteiger partial charge in [-0.1, -0.05) is 24.3 Å². The molecule has 0 saturated carbocycles. The van der Waals surface area contributed by atoms with Crippen molar-refractivity contribution in [2.45, 2.75) is 6.18 Å². The van der Waals surface area contributed by atoms with Gasteiger partial charge in [0, 0.05) is 7.05 Å². The van der Waals surface area contributed by atoms with Crippen molar-refractivity contribution in [2.24, 2.45) is 5.73 Å². The van der Waals surface area contributed by atoms with E-state index in [-0.39, 0.29) is 11.3 Å². The molecule has 1 amide bonds. The number of primary amides is 1. The summed E-state index contributed by atoms with van der Waals surface area (Å²) in [5.74, 6) is -0.693. The Bertz CT molecular complexity index is 668. The second kappa shape index (κ2) is 5.47. The Morgan fingerprint density at radius 3 is 2.10 bits per heavy atom. The largest absolute Gasteiger partial charge is 0.418 e. The molecule has 110 valence electrons. The van der Waals surface area contributed by atoms with Crippen LogP contribution in [-0.4, -0.2) is 13.0 Å². The van der Waals surface area contributed by atoms with Crippen LogP contribution in [0.1, 0.15) is 15.9 Å². The predicted octanol–water partition coefficient (Wildman–Crippen LogP) is 3.57. The Morgan fingerprint density at radius 2 is 1.52 bits per heavy atom. The Labute approximate surface area is 119 Å². The summed E-state index contributed by atoms with van der Waals surface area (Å²) in [5, 5.41) is 0. The SMILES string of the molecule is CN(c1ccccc1C(N)=O)c1ccccc1C(F)(F)F. The molecule has 3 nitrogen and oxygen atoms in total. The molecule has 2 aromatic carbocycles. The van der Waals surface area contributed by atoms with Crippen molar-refractivity contribution >= 4 is 17.3 Å². The summed E-state index contributed by atoms with van der Waals surface area (Å²) in [4.78, 5) is 12.7. The van der Waals surface area contributed by atoms with Gasteiger partial charge in [0.1, 0.15) is 0 Å². The smallest absolute Gasteiger partial charge is 0.366 e. The third-order valence-corrected chi connectivity index (χ3v) is 3.10. The van der Waals surface area contributed by atoms with E-state index in [1.54, 1.807) is 18.2 Å². The number of hydrogen-bond acceptors (Lipinski definition) is 2. The first kappa shape index (κ1) is 14.9. The van der Waals surface area contributed by atoms with Crippen LogP contribution >= 0.6 is 0 Å². The Balaban J connectivity index is 2.56. The molecule has 6 heteroatoms. The second-order valence-corrected chi connectivity index (χ2v) is 4.46. The van der Waals surface area contributed by atoms with Crippen molar-refractivity contribution in [3.8, 4) is 0 Å².